The molecule has 1 aliphatic heterocycles. The molecule has 0 N–H and O–H groups in total. The van der Waals surface area contributed by atoms with Crippen LogP contribution in [0.5, 0.6) is 0 Å². The molecule has 2 unspecified atom stereocenters. The topological polar surface area (TPSA) is 37.6 Å². The Balaban J connectivity index is 1.90. The number of rotatable bonds is 2. The van der Waals surface area contributed by atoms with E-state index in [1.165, 1.54) is 30.6 Å². The SMILES string of the molecule is CC1CCCC(C)N1Cc1cc(=O)n2ccsc2n1. The second kappa shape index (κ2) is 5.06. The molecule has 0 aliphatic carbocycles. The molecule has 0 amide bonds. The van der Waals surface area contributed by atoms with E-state index < -0.39 is 0 Å². The van der Waals surface area contributed by atoms with Crippen molar-refractivity contribution in [3.05, 3.63) is 33.7 Å². The zero-order valence-electron chi connectivity index (χ0n) is 11.4. The number of aromatic nitrogens is 2. The van der Waals surface area contributed by atoms with Crippen molar-refractivity contribution in [2.24, 2.45) is 0 Å². The zero-order chi connectivity index (χ0) is 13.4. The average molecular weight is 277 g/mol. The number of thiazole rings is 1. The van der Waals surface area contributed by atoms with Crippen LogP contribution in [-0.4, -0.2) is 26.4 Å². The van der Waals surface area contributed by atoms with E-state index >= 15 is 0 Å². The third-order valence-electron chi connectivity index (χ3n) is 4.08. The van der Waals surface area contributed by atoms with Gasteiger partial charge in [0.25, 0.3) is 5.56 Å². The Labute approximate surface area is 116 Å². The fraction of sp³-hybridized carbons (Fsp3) is 0.571. The van der Waals surface area contributed by atoms with E-state index in [2.05, 4.69) is 23.7 Å². The summed E-state index contributed by atoms with van der Waals surface area (Å²) in [4.78, 5) is 19.8. The third-order valence-corrected chi connectivity index (χ3v) is 4.83. The van der Waals surface area contributed by atoms with Gasteiger partial charge in [0.15, 0.2) is 4.96 Å². The average Bonchev–Trinajstić information content (AvgIpc) is 2.83. The highest BCUT2D eigenvalue weighted by Gasteiger charge is 2.25. The van der Waals surface area contributed by atoms with E-state index in [9.17, 15) is 4.79 Å². The molecule has 1 saturated heterocycles. The van der Waals surface area contributed by atoms with Gasteiger partial charge in [0.05, 0.1) is 5.69 Å². The van der Waals surface area contributed by atoms with Gasteiger partial charge in [0, 0.05) is 36.3 Å². The zero-order valence-corrected chi connectivity index (χ0v) is 12.2. The minimum Gasteiger partial charge on any atom is -0.292 e. The maximum Gasteiger partial charge on any atom is 0.258 e. The first-order valence-corrected chi connectivity index (χ1v) is 7.74. The van der Waals surface area contributed by atoms with Crippen LogP contribution in [0.4, 0.5) is 0 Å². The molecule has 1 aliphatic rings. The monoisotopic (exact) mass is 277 g/mol. The largest absolute Gasteiger partial charge is 0.292 e. The van der Waals surface area contributed by atoms with Crippen molar-refractivity contribution in [2.45, 2.75) is 51.7 Å². The van der Waals surface area contributed by atoms with Crippen LogP contribution in [0, 0.1) is 0 Å². The summed E-state index contributed by atoms with van der Waals surface area (Å²) in [6.07, 6.45) is 5.57. The molecule has 2 aromatic heterocycles. The summed E-state index contributed by atoms with van der Waals surface area (Å²) in [6.45, 7) is 5.32. The second-order valence-electron chi connectivity index (χ2n) is 5.44. The molecule has 102 valence electrons. The lowest BCUT2D eigenvalue weighted by Gasteiger charge is -2.38. The Hall–Kier alpha value is -1.20. The van der Waals surface area contributed by atoms with Gasteiger partial charge in [-0.05, 0) is 26.7 Å². The number of hydrogen-bond acceptors (Lipinski definition) is 4. The van der Waals surface area contributed by atoms with Crippen molar-refractivity contribution in [1.29, 1.82) is 0 Å². The molecular weight excluding hydrogens is 258 g/mol. The highest BCUT2D eigenvalue weighted by Crippen LogP contribution is 2.24. The third kappa shape index (κ3) is 2.44. The number of hydrogen-bond donors (Lipinski definition) is 0. The first kappa shape index (κ1) is 12.8. The normalized spacial score (nSPS) is 24.9. The van der Waals surface area contributed by atoms with E-state index in [0.29, 0.717) is 12.1 Å². The quantitative estimate of drug-likeness (QED) is 0.846. The molecule has 3 heterocycles. The van der Waals surface area contributed by atoms with Crippen molar-refractivity contribution in [1.82, 2.24) is 14.3 Å². The molecule has 3 rings (SSSR count). The molecule has 0 aromatic carbocycles. The predicted octanol–water partition coefficient (Wildman–Crippen LogP) is 2.52. The van der Waals surface area contributed by atoms with Crippen molar-refractivity contribution in [2.75, 3.05) is 0 Å². The van der Waals surface area contributed by atoms with Crippen LogP contribution in [0.25, 0.3) is 4.96 Å². The Morgan fingerprint density at radius 2 is 2.11 bits per heavy atom. The Morgan fingerprint density at radius 3 is 2.84 bits per heavy atom. The fourth-order valence-corrected chi connectivity index (χ4v) is 3.68. The number of fused-ring (bicyclic) bond motifs is 1. The Bertz CT molecular complexity index is 623. The summed E-state index contributed by atoms with van der Waals surface area (Å²) >= 11 is 1.51. The first-order valence-electron chi connectivity index (χ1n) is 6.86. The molecular formula is C14H19N3OS. The summed E-state index contributed by atoms with van der Waals surface area (Å²) in [5, 5.41) is 1.90. The van der Waals surface area contributed by atoms with Crippen LogP contribution in [0.1, 0.15) is 38.8 Å². The molecule has 19 heavy (non-hydrogen) atoms. The molecule has 4 nitrogen and oxygen atoms in total. The second-order valence-corrected chi connectivity index (χ2v) is 6.32. The smallest absolute Gasteiger partial charge is 0.258 e. The first-order chi connectivity index (χ1) is 9.15. The van der Waals surface area contributed by atoms with E-state index in [-0.39, 0.29) is 5.56 Å². The van der Waals surface area contributed by atoms with Crippen LogP contribution >= 0.6 is 11.3 Å². The van der Waals surface area contributed by atoms with Crippen molar-refractivity contribution >= 4 is 16.3 Å². The van der Waals surface area contributed by atoms with Crippen molar-refractivity contribution < 1.29 is 0 Å². The van der Waals surface area contributed by atoms with Crippen LogP contribution in [0.2, 0.25) is 0 Å². The van der Waals surface area contributed by atoms with Gasteiger partial charge in [-0.3, -0.25) is 14.1 Å². The van der Waals surface area contributed by atoms with E-state index in [0.717, 1.165) is 17.2 Å². The lowest BCUT2D eigenvalue weighted by atomic mass is 9.97. The summed E-state index contributed by atoms with van der Waals surface area (Å²) in [7, 11) is 0. The molecule has 0 bridgehead atoms. The molecule has 0 spiro atoms. The van der Waals surface area contributed by atoms with Crippen LogP contribution in [-0.2, 0) is 6.54 Å². The van der Waals surface area contributed by atoms with E-state index in [4.69, 9.17) is 0 Å². The van der Waals surface area contributed by atoms with Gasteiger partial charge in [0.1, 0.15) is 0 Å². The highest BCUT2D eigenvalue weighted by atomic mass is 32.1. The molecule has 0 saturated carbocycles. The van der Waals surface area contributed by atoms with Gasteiger partial charge in [-0.2, -0.15) is 0 Å². The predicted molar refractivity (Wildman–Crippen MR) is 77.7 cm³/mol. The molecule has 0 radical (unpaired) electrons. The van der Waals surface area contributed by atoms with Gasteiger partial charge >= 0.3 is 0 Å². The standard InChI is InChI=1S/C14H19N3OS/c1-10-4-3-5-11(2)17(10)9-12-8-13(18)16-6-7-19-14(16)15-12/h6-8,10-11H,3-5,9H2,1-2H3. The Morgan fingerprint density at radius 1 is 1.37 bits per heavy atom. The maximum atomic E-state index is 12.0. The molecule has 5 heteroatoms. The lowest BCUT2D eigenvalue weighted by molar-refractivity contribution is 0.0938. The van der Waals surface area contributed by atoms with E-state index in [1.807, 2.05) is 5.38 Å². The fourth-order valence-electron chi connectivity index (χ4n) is 2.94. The van der Waals surface area contributed by atoms with Crippen LogP contribution in [0.3, 0.4) is 0 Å². The molecule has 1 fully saturated rings. The maximum absolute atomic E-state index is 12.0. The van der Waals surface area contributed by atoms with Gasteiger partial charge in [-0.25, -0.2) is 4.98 Å². The van der Waals surface area contributed by atoms with Crippen molar-refractivity contribution in [3.63, 3.8) is 0 Å². The molecule has 2 aromatic rings. The summed E-state index contributed by atoms with van der Waals surface area (Å²) in [5.41, 5.74) is 0.923. The van der Waals surface area contributed by atoms with E-state index in [1.54, 1.807) is 16.7 Å². The summed E-state index contributed by atoms with van der Waals surface area (Å²) in [6, 6.07) is 2.83. The summed E-state index contributed by atoms with van der Waals surface area (Å²) in [5.74, 6) is 0. The minimum absolute atomic E-state index is 0.0264. The van der Waals surface area contributed by atoms with Gasteiger partial charge in [-0.1, -0.05) is 6.42 Å². The Kier molecular flexibility index (Phi) is 3.41. The van der Waals surface area contributed by atoms with Gasteiger partial charge < -0.3 is 0 Å². The molecule has 2 atom stereocenters. The minimum atomic E-state index is 0.0264. The number of nitrogens with zero attached hydrogens (tertiary/aromatic N) is 3. The van der Waals surface area contributed by atoms with Crippen LogP contribution in [0.15, 0.2) is 22.4 Å². The van der Waals surface area contributed by atoms with Crippen LogP contribution < -0.4 is 5.56 Å². The van der Waals surface area contributed by atoms with Gasteiger partial charge in [0.2, 0.25) is 0 Å². The lowest BCUT2D eigenvalue weighted by Crippen LogP contribution is -2.43. The number of piperidine rings is 1. The highest BCUT2D eigenvalue weighted by molar-refractivity contribution is 7.15. The number of likely N-dealkylation sites (tertiary alicyclic amines) is 1. The summed E-state index contributed by atoms with van der Waals surface area (Å²) < 4.78 is 1.61. The van der Waals surface area contributed by atoms with Gasteiger partial charge in [-0.15, -0.1) is 11.3 Å². The van der Waals surface area contributed by atoms with Crippen molar-refractivity contribution in [3.8, 4) is 0 Å².